The smallest absolute Gasteiger partial charge is 0.128 e. The Kier molecular flexibility index (Phi) is 6.49. The summed E-state index contributed by atoms with van der Waals surface area (Å²) in [7, 11) is 0. The van der Waals surface area contributed by atoms with E-state index in [0.29, 0.717) is 6.04 Å². The van der Waals surface area contributed by atoms with Crippen molar-refractivity contribution in [2.75, 3.05) is 11.4 Å². The maximum Gasteiger partial charge on any atom is 0.128 e. The summed E-state index contributed by atoms with van der Waals surface area (Å²) in [6, 6.07) is 15.8. The number of hydrogen-bond donors (Lipinski definition) is 0. The number of aromatic nitrogens is 1. The van der Waals surface area contributed by atoms with Gasteiger partial charge in [0.25, 0.3) is 0 Å². The fourth-order valence-electron chi connectivity index (χ4n) is 4.01. The van der Waals surface area contributed by atoms with Crippen LogP contribution in [0.25, 0.3) is 0 Å². The minimum absolute atomic E-state index is 0.551. The lowest BCUT2D eigenvalue weighted by atomic mass is 9.99. The van der Waals surface area contributed by atoms with Gasteiger partial charge >= 0.3 is 0 Å². The monoisotopic (exact) mass is 336 g/mol. The number of unbranched alkanes of at least 4 members (excludes halogenated alkanes) is 2. The van der Waals surface area contributed by atoms with E-state index >= 15 is 0 Å². The molecule has 0 spiro atoms. The van der Waals surface area contributed by atoms with Crippen molar-refractivity contribution in [2.45, 2.75) is 64.8 Å². The highest BCUT2D eigenvalue weighted by molar-refractivity contribution is 5.44. The molecule has 0 fully saturated rings. The Bertz CT molecular complexity index is 613. The average molecular weight is 337 g/mol. The molecule has 1 heterocycles. The lowest BCUT2D eigenvalue weighted by Crippen LogP contribution is -2.38. The first kappa shape index (κ1) is 18.0. The summed E-state index contributed by atoms with van der Waals surface area (Å²) in [5.41, 5.74) is 3.04. The summed E-state index contributed by atoms with van der Waals surface area (Å²) in [4.78, 5) is 7.23. The first-order valence-electron chi connectivity index (χ1n) is 10.0. The van der Waals surface area contributed by atoms with Crippen molar-refractivity contribution in [1.29, 1.82) is 0 Å². The summed E-state index contributed by atoms with van der Waals surface area (Å²) in [6.45, 7) is 5.81. The Labute approximate surface area is 153 Å². The van der Waals surface area contributed by atoms with Crippen LogP contribution in [-0.4, -0.2) is 17.6 Å². The molecule has 1 atom stereocenters. The van der Waals surface area contributed by atoms with Gasteiger partial charge in [-0.25, -0.2) is 4.98 Å². The molecular formula is C23H32N2. The van der Waals surface area contributed by atoms with E-state index in [-0.39, 0.29) is 0 Å². The van der Waals surface area contributed by atoms with E-state index < -0.39 is 0 Å². The highest BCUT2D eigenvalue weighted by Crippen LogP contribution is 2.29. The van der Waals surface area contributed by atoms with Crippen molar-refractivity contribution >= 4 is 5.82 Å². The zero-order valence-electron chi connectivity index (χ0n) is 15.8. The summed E-state index contributed by atoms with van der Waals surface area (Å²) < 4.78 is 0. The van der Waals surface area contributed by atoms with E-state index in [1.165, 1.54) is 43.2 Å². The highest BCUT2D eigenvalue weighted by Gasteiger charge is 2.27. The molecule has 3 rings (SSSR count). The Morgan fingerprint density at radius 1 is 1.00 bits per heavy atom. The summed E-state index contributed by atoms with van der Waals surface area (Å²) >= 11 is 0. The molecular weight excluding hydrogens is 304 g/mol. The van der Waals surface area contributed by atoms with Crippen molar-refractivity contribution in [3.8, 4) is 0 Å². The molecule has 0 amide bonds. The van der Waals surface area contributed by atoms with Gasteiger partial charge in [-0.1, -0.05) is 69.9 Å². The van der Waals surface area contributed by atoms with Crippen molar-refractivity contribution in [3.63, 3.8) is 0 Å². The number of nitrogens with zero attached hydrogens (tertiary/aromatic N) is 2. The Hall–Kier alpha value is -1.83. The molecule has 1 aliphatic carbocycles. The fourth-order valence-corrected chi connectivity index (χ4v) is 4.01. The van der Waals surface area contributed by atoms with Crippen molar-refractivity contribution in [3.05, 3.63) is 59.8 Å². The average Bonchev–Trinajstić information content (AvgIpc) is 3.07. The summed E-state index contributed by atoms with van der Waals surface area (Å²) in [5, 5.41) is 0. The molecule has 25 heavy (non-hydrogen) atoms. The SMILES string of the molecule is CCCCCC(C)CCN(c1ccccn1)C1Cc2ccccc2C1. The quantitative estimate of drug-likeness (QED) is 0.549. The van der Waals surface area contributed by atoms with E-state index in [2.05, 4.69) is 60.1 Å². The van der Waals surface area contributed by atoms with Gasteiger partial charge in [-0.05, 0) is 48.4 Å². The third-order valence-corrected chi connectivity index (χ3v) is 5.58. The van der Waals surface area contributed by atoms with Crippen LogP contribution >= 0.6 is 0 Å². The van der Waals surface area contributed by atoms with Gasteiger partial charge in [-0.15, -0.1) is 0 Å². The van der Waals surface area contributed by atoms with Crippen LogP contribution in [0.2, 0.25) is 0 Å². The lowest BCUT2D eigenvalue weighted by molar-refractivity contribution is 0.450. The molecule has 2 aromatic rings. The molecule has 2 nitrogen and oxygen atoms in total. The van der Waals surface area contributed by atoms with Crippen LogP contribution < -0.4 is 4.90 Å². The first-order valence-corrected chi connectivity index (χ1v) is 10.0. The maximum absolute atomic E-state index is 4.67. The molecule has 1 aromatic carbocycles. The van der Waals surface area contributed by atoms with Gasteiger partial charge in [0.05, 0.1) is 0 Å². The second-order valence-corrected chi connectivity index (χ2v) is 7.60. The van der Waals surface area contributed by atoms with Crippen molar-refractivity contribution in [2.24, 2.45) is 5.92 Å². The third-order valence-electron chi connectivity index (χ3n) is 5.58. The van der Waals surface area contributed by atoms with Crippen LogP contribution in [0.15, 0.2) is 48.7 Å². The number of pyridine rings is 1. The van der Waals surface area contributed by atoms with E-state index in [9.17, 15) is 0 Å². The van der Waals surface area contributed by atoms with E-state index in [0.717, 1.165) is 31.1 Å². The number of hydrogen-bond acceptors (Lipinski definition) is 2. The normalized spacial score (nSPS) is 15.1. The van der Waals surface area contributed by atoms with Gasteiger partial charge in [-0.2, -0.15) is 0 Å². The van der Waals surface area contributed by atoms with Crippen molar-refractivity contribution < 1.29 is 0 Å². The summed E-state index contributed by atoms with van der Waals surface area (Å²) in [6.07, 6.45) is 10.9. The minimum atomic E-state index is 0.551. The molecule has 134 valence electrons. The van der Waals surface area contributed by atoms with Crippen LogP contribution in [-0.2, 0) is 12.8 Å². The highest BCUT2D eigenvalue weighted by atomic mass is 15.2. The van der Waals surface area contributed by atoms with Gasteiger partial charge in [0, 0.05) is 18.8 Å². The van der Waals surface area contributed by atoms with Gasteiger partial charge in [-0.3, -0.25) is 0 Å². The van der Waals surface area contributed by atoms with Gasteiger partial charge in [0.2, 0.25) is 0 Å². The van der Waals surface area contributed by atoms with E-state index in [1.54, 1.807) is 0 Å². The molecule has 0 radical (unpaired) electrons. The number of benzene rings is 1. The van der Waals surface area contributed by atoms with Crippen LogP contribution in [0.3, 0.4) is 0 Å². The number of fused-ring (bicyclic) bond motifs is 1. The minimum Gasteiger partial charge on any atom is -0.353 e. The molecule has 1 aliphatic rings. The molecule has 2 heteroatoms. The third kappa shape index (κ3) is 4.84. The second kappa shape index (κ2) is 9.03. The second-order valence-electron chi connectivity index (χ2n) is 7.60. The van der Waals surface area contributed by atoms with Gasteiger partial charge in [0.15, 0.2) is 0 Å². The zero-order valence-corrected chi connectivity index (χ0v) is 15.8. The molecule has 0 saturated heterocycles. The van der Waals surface area contributed by atoms with E-state index in [1.807, 2.05) is 12.3 Å². The topological polar surface area (TPSA) is 16.1 Å². The fraction of sp³-hybridized carbons (Fsp3) is 0.522. The molecule has 0 aliphatic heterocycles. The van der Waals surface area contributed by atoms with Crippen LogP contribution in [0, 0.1) is 5.92 Å². The maximum atomic E-state index is 4.67. The Morgan fingerprint density at radius 2 is 1.72 bits per heavy atom. The molecule has 0 saturated carbocycles. The zero-order chi connectivity index (χ0) is 17.5. The van der Waals surface area contributed by atoms with Crippen molar-refractivity contribution in [1.82, 2.24) is 4.98 Å². The lowest BCUT2D eigenvalue weighted by Gasteiger charge is -2.31. The van der Waals surface area contributed by atoms with Crippen LogP contribution in [0.5, 0.6) is 0 Å². The number of rotatable bonds is 9. The molecule has 0 N–H and O–H groups in total. The summed E-state index contributed by atoms with van der Waals surface area (Å²) in [5.74, 6) is 1.93. The predicted octanol–water partition coefficient (Wildman–Crippen LogP) is 5.66. The van der Waals surface area contributed by atoms with Crippen LogP contribution in [0.4, 0.5) is 5.82 Å². The Balaban J connectivity index is 1.65. The Morgan fingerprint density at radius 3 is 2.36 bits per heavy atom. The standard InChI is InChI=1S/C23H32N2/c1-3-4-5-10-19(2)14-16-25(23-13-8-9-15-24-23)22-17-20-11-6-7-12-21(20)18-22/h6-9,11-13,15,19,22H,3-5,10,14,16-18H2,1-2H3. The molecule has 1 aromatic heterocycles. The largest absolute Gasteiger partial charge is 0.353 e. The number of anilines is 1. The predicted molar refractivity (Wildman–Crippen MR) is 107 cm³/mol. The molecule has 1 unspecified atom stereocenters. The first-order chi connectivity index (χ1) is 12.3. The van der Waals surface area contributed by atoms with Crippen LogP contribution in [0.1, 0.15) is 57.1 Å². The van der Waals surface area contributed by atoms with E-state index in [4.69, 9.17) is 0 Å². The molecule has 0 bridgehead atoms. The van der Waals surface area contributed by atoms with Gasteiger partial charge < -0.3 is 4.90 Å². The van der Waals surface area contributed by atoms with Gasteiger partial charge in [0.1, 0.15) is 5.82 Å².